The summed E-state index contributed by atoms with van der Waals surface area (Å²) in [5.41, 5.74) is 0.826. The van der Waals surface area contributed by atoms with Gasteiger partial charge in [-0.05, 0) is 74.2 Å². The quantitative estimate of drug-likeness (QED) is 0.929. The highest BCUT2D eigenvalue weighted by molar-refractivity contribution is 5.93. The Morgan fingerprint density at radius 3 is 2.39 bits per heavy atom. The lowest BCUT2D eigenvalue weighted by Gasteiger charge is -2.57. The molecule has 1 heterocycles. The number of hydrogen-bond acceptors (Lipinski definition) is 2. The minimum Gasteiger partial charge on any atom is -0.352 e. The van der Waals surface area contributed by atoms with Crippen LogP contribution >= 0.6 is 0 Å². The van der Waals surface area contributed by atoms with E-state index in [1.807, 2.05) is 0 Å². The Kier molecular flexibility index (Phi) is 3.58. The highest BCUT2D eigenvalue weighted by Crippen LogP contribution is 2.61. The second-order valence-corrected chi connectivity index (χ2v) is 8.29. The molecule has 4 heteroatoms. The van der Waals surface area contributed by atoms with Crippen molar-refractivity contribution in [2.75, 3.05) is 6.54 Å². The summed E-state index contributed by atoms with van der Waals surface area (Å²) in [5, 5.41) is 3.03. The zero-order valence-electron chi connectivity index (χ0n) is 13.9. The van der Waals surface area contributed by atoms with E-state index in [4.69, 9.17) is 0 Å². The summed E-state index contributed by atoms with van der Waals surface area (Å²) in [6.45, 7) is 0.736. The molecule has 1 amide bonds. The molecule has 4 saturated carbocycles. The van der Waals surface area contributed by atoms with Crippen LogP contribution in [0.1, 0.15) is 55.3 Å². The van der Waals surface area contributed by atoms with Crippen molar-refractivity contribution in [1.29, 1.82) is 0 Å². The summed E-state index contributed by atoms with van der Waals surface area (Å²) < 4.78 is 1.48. The number of pyridine rings is 1. The fourth-order valence-corrected chi connectivity index (χ4v) is 5.83. The Balaban J connectivity index is 1.36. The first-order valence-corrected chi connectivity index (χ1v) is 8.98. The summed E-state index contributed by atoms with van der Waals surface area (Å²) in [6.07, 6.45) is 11.3. The molecule has 4 aliphatic rings. The first-order valence-electron chi connectivity index (χ1n) is 8.98. The molecule has 0 aliphatic heterocycles. The summed E-state index contributed by atoms with van der Waals surface area (Å²) in [5.74, 6) is 2.74. The van der Waals surface area contributed by atoms with Crippen molar-refractivity contribution in [3.05, 3.63) is 34.2 Å². The molecular weight excluding hydrogens is 288 g/mol. The SMILES string of the molecule is Cn1ccc(C(=O)NCCC23CC4CC(CC(C4)C2)C3)cc1=O. The summed E-state index contributed by atoms with van der Waals surface area (Å²) in [7, 11) is 1.69. The molecular formula is C19H26N2O2. The molecule has 0 saturated heterocycles. The van der Waals surface area contributed by atoms with Gasteiger partial charge in [-0.2, -0.15) is 0 Å². The van der Waals surface area contributed by atoms with Gasteiger partial charge in [0.05, 0.1) is 0 Å². The fraction of sp³-hybridized carbons (Fsp3) is 0.684. The Hall–Kier alpha value is -1.58. The van der Waals surface area contributed by atoms with Crippen LogP contribution in [0, 0.1) is 23.2 Å². The molecule has 0 unspecified atom stereocenters. The molecule has 4 fully saturated rings. The summed E-state index contributed by atoms with van der Waals surface area (Å²) in [6, 6.07) is 3.13. The highest BCUT2D eigenvalue weighted by Gasteiger charge is 2.50. The monoisotopic (exact) mass is 314 g/mol. The second-order valence-electron chi connectivity index (χ2n) is 8.29. The van der Waals surface area contributed by atoms with Crippen LogP contribution in [0.4, 0.5) is 0 Å². The van der Waals surface area contributed by atoms with Crippen molar-refractivity contribution < 1.29 is 4.79 Å². The molecule has 1 aromatic heterocycles. The zero-order chi connectivity index (χ0) is 16.0. The number of carbonyl (C=O) groups is 1. The zero-order valence-corrected chi connectivity index (χ0v) is 13.9. The van der Waals surface area contributed by atoms with E-state index in [1.165, 1.54) is 49.2 Å². The van der Waals surface area contributed by atoms with Gasteiger partial charge < -0.3 is 9.88 Å². The maximum absolute atomic E-state index is 12.2. The smallest absolute Gasteiger partial charge is 0.251 e. The number of nitrogens with zero attached hydrogens (tertiary/aromatic N) is 1. The van der Waals surface area contributed by atoms with Gasteiger partial charge in [0.1, 0.15) is 0 Å². The molecule has 0 spiro atoms. The summed E-state index contributed by atoms with van der Waals surface area (Å²) >= 11 is 0. The Bertz CT molecular complexity index is 641. The predicted molar refractivity (Wildman–Crippen MR) is 89.2 cm³/mol. The Labute approximate surface area is 137 Å². The van der Waals surface area contributed by atoms with Gasteiger partial charge in [-0.15, -0.1) is 0 Å². The lowest BCUT2D eigenvalue weighted by Crippen LogP contribution is -2.47. The van der Waals surface area contributed by atoms with Crippen LogP contribution in [-0.4, -0.2) is 17.0 Å². The van der Waals surface area contributed by atoms with E-state index in [0.29, 0.717) is 11.0 Å². The van der Waals surface area contributed by atoms with Crippen molar-refractivity contribution in [3.8, 4) is 0 Å². The van der Waals surface area contributed by atoms with Gasteiger partial charge in [0, 0.05) is 31.4 Å². The normalized spacial score (nSPS) is 34.6. The van der Waals surface area contributed by atoms with Crippen molar-refractivity contribution in [2.45, 2.75) is 44.9 Å². The minimum absolute atomic E-state index is 0.118. The van der Waals surface area contributed by atoms with Crippen molar-refractivity contribution >= 4 is 5.91 Å². The van der Waals surface area contributed by atoms with Gasteiger partial charge in [-0.3, -0.25) is 9.59 Å². The first-order chi connectivity index (χ1) is 11.0. The standard InChI is InChI=1S/C19H26N2O2/c1-21-5-2-16(9-17(21)22)18(23)20-4-3-19-10-13-6-14(11-19)8-15(7-13)12-19/h2,5,9,13-15H,3-4,6-8,10-12H2,1H3,(H,20,23). The average molecular weight is 314 g/mol. The number of aromatic nitrogens is 1. The molecule has 4 nitrogen and oxygen atoms in total. The van der Waals surface area contributed by atoms with Crippen LogP contribution in [0.25, 0.3) is 0 Å². The topological polar surface area (TPSA) is 51.1 Å². The number of aryl methyl sites for hydroxylation is 1. The third kappa shape index (κ3) is 2.84. The molecule has 0 radical (unpaired) electrons. The molecule has 124 valence electrons. The molecule has 0 aromatic carbocycles. The number of nitrogens with one attached hydrogen (secondary N) is 1. The minimum atomic E-state index is -0.140. The van der Waals surface area contributed by atoms with E-state index in [9.17, 15) is 9.59 Å². The van der Waals surface area contributed by atoms with Crippen LogP contribution < -0.4 is 10.9 Å². The maximum Gasteiger partial charge on any atom is 0.251 e. The van der Waals surface area contributed by atoms with Crippen LogP contribution in [0.15, 0.2) is 23.1 Å². The van der Waals surface area contributed by atoms with E-state index < -0.39 is 0 Å². The molecule has 23 heavy (non-hydrogen) atoms. The first kappa shape index (κ1) is 15.0. The third-order valence-electron chi connectivity index (χ3n) is 6.47. The van der Waals surface area contributed by atoms with Gasteiger partial charge in [0.2, 0.25) is 0 Å². The van der Waals surface area contributed by atoms with E-state index in [0.717, 1.165) is 30.7 Å². The van der Waals surface area contributed by atoms with Gasteiger partial charge in [0.15, 0.2) is 0 Å². The lowest BCUT2D eigenvalue weighted by atomic mass is 9.49. The largest absolute Gasteiger partial charge is 0.352 e. The van der Waals surface area contributed by atoms with Gasteiger partial charge >= 0.3 is 0 Å². The van der Waals surface area contributed by atoms with Crippen molar-refractivity contribution in [3.63, 3.8) is 0 Å². The number of rotatable bonds is 4. The highest BCUT2D eigenvalue weighted by atomic mass is 16.2. The lowest BCUT2D eigenvalue weighted by molar-refractivity contribution is -0.0564. The molecule has 1 aromatic rings. The summed E-state index contributed by atoms with van der Waals surface area (Å²) in [4.78, 5) is 23.9. The number of hydrogen-bond donors (Lipinski definition) is 1. The Morgan fingerprint density at radius 2 is 1.83 bits per heavy atom. The van der Waals surface area contributed by atoms with Crippen molar-refractivity contribution in [1.82, 2.24) is 9.88 Å². The second kappa shape index (κ2) is 5.50. The van der Waals surface area contributed by atoms with Crippen molar-refractivity contribution in [2.24, 2.45) is 30.2 Å². The molecule has 5 rings (SSSR count). The van der Waals surface area contributed by atoms with Crippen LogP contribution in [0.5, 0.6) is 0 Å². The molecule has 0 atom stereocenters. The van der Waals surface area contributed by atoms with Crippen LogP contribution in [0.3, 0.4) is 0 Å². The van der Waals surface area contributed by atoms with Gasteiger partial charge in [0.25, 0.3) is 11.5 Å². The third-order valence-corrected chi connectivity index (χ3v) is 6.47. The Morgan fingerprint density at radius 1 is 1.22 bits per heavy atom. The van der Waals surface area contributed by atoms with Gasteiger partial charge in [-0.25, -0.2) is 0 Å². The molecule has 4 aliphatic carbocycles. The van der Waals surface area contributed by atoms with E-state index in [2.05, 4.69) is 5.32 Å². The van der Waals surface area contributed by atoms with E-state index in [-0.39, 0.29) is 11.5 Å². The predicted octanol–water partition coefficient (Wildman–Crippen LogP) is 2.72. The van der Waals surface area contributed by atoms with E-state index >= 15 is 0 Å². The molecule has 4 bridgehead atoms. The molecule has 1 N–H and O–H groups in total. The fourth-order valence-electron chi connectivity index (χ4n) is 5.83. The van der Waals surface area contributed by atoms with Gasteiger partial charge in [-0.1, -0.05) is 0 Å². The number of carbonyl (C=O) groups excluding carboxylic acids is 1. The van der Waals surface area contributed by atoms with Crippen LogP contribution in [-0.2, 0) is 7.05 Å². The average Bonchev–Trinajstić information content (AvgIpc) is 2.48. The number of amides is 1. The maximum atomic E-state index is 12.2. The van der Waals surface area contributed by atoms with Crippen LogP contribution in [0.2, 0.25) is 0 Å². The van der Waals surface area contributed by atoms with E-state index in [1.54, 1.807) is 19.3 Å².